The van der Waals surface area contributed by atoms with Crippen LogP contribution in [0.5, 0.6) is 6.01 Å². The Morgan fingerprint density at radius 2 is 1.58 bits per heavy atom. The summed E-state index contributed by atoms with van der Waals surface area (Å²) in [5.41, 5.74) is 8.42. The molecule has 0 aliphatic carbocycles. The van der Waals surface area contributed by atoms with Crippen molar-refractivity contribution in [1.82, 2.24) is 15.3 Å². The zero-order valence-corrected chi connectivity index (χ0v) is 25.2. The van der Waals surface area contributed by atoms with Crippen LogP contribution in [-0.4, -0.2) is 40.1 Å². The number of amides is 2. The molecule has 2 atom stereocenters. The van der Waals surface area contributed by atoms with Crippen molar-refractivity contribution in [3.63, 3.8) is 0 Å². The third-order valence-electron chi connectivity index (χ3n) is 6.73. The highest BCUT2D eigenvalue weighted by Gasteiger charge is 2.26. The molecule has 9 nitrogen and oxygen atoms in total. The molecule has 0 spiro atoms. The predicted molar refractivity (Wildman–Crippen MR) is 169 cm³/mol. The standard InChI is InChI=1S/C32H32Cl2N6O3/c1-19(2)28(29(36)41)39-31(42)26-17-38-32(43-18-20-8-12-23(33)13-9-20)40-30(26)37-16-25(21-6-4-3-5-7-21)27(35)22-10-14-24(34)15-11-22/h3-15,17,19,25,28,35H,16,18H2,1-2H3,(H2,36,41)(H,39,42)(H,37,38,40). The number of hydrogen-bond acceptors (Lipinski definition) is 7. The predicted octanol–water partition coefficient (Wildman–Crippen LogP) is 5.87. The molecular formula is C32H32Cl2N6O3. The molecule has 1 aromatic heterocycles. The summed E-state index contributed by atoms with van der Waals surface area (Å²) < 4.78 is 5.82. The third-order valence-corrected chi connectivity index (χ3v) is 7.24. The number of nitrogens with one attached hydrogen (secondary N) is 3. The molecular weight excluding hydrogens is 587 g/mol. The average Bonchev–Trinajstić information content (AvgIpc) is 3.00. The second-order valence-corrected chi connectivity index (χ2v) is 11.1. The summed E-state index contributed by atoms with van der Waals surface area (Å²) in [6.45, 7) is 3.95. The largest absolute Gasteiger partial charge is 0.459 e. The molecule has 2 amide bonds. The number of anilines is 1. The second-order valence-electron chi connectivity index (χ2n) is 10.2. The summed E-state index contributed by atoms with van der Waals surface area (Å²) in [5, 5.41) is 16.1. The van der Waals surface area contributed by atoms with Gasteiger partial charge in [0.25, 0.3) is 5.91 Å². The van der Waals surface area contributed by atoms with Gasteiger partial charge in [-0.1, -0.05) is 91.6 Å². The fraction of sp³-hybridized carbons (Fsp3) is 0.219. The van der Waals surface area contributed by atoms with Gasteiger partial charge < -0.3 is 26.5 Å². The lowest BCUT2D eigenvalue weighted by Gasteiger charge is -2.22. The maximum absolute atomic E-state index is 13.4. The molecule has 0 saturated heterocycles. The minimum Gasteiger partial charge on any atom is -0.459 e. The first kappa shape index (κ1) is 31.5. The molecule has 4 aromatic rings. The third kappa shape index (κ3) is 8.53. The van der Waals surface area contributed by atoms with Crippen LogP contribution in [0.15, 0.2) is 85.1 Å². The van der Waals surface area contributed by atoms with Crippen molar-refractivity contribution in [3.05, 3.63) is 117 Å². The number of rotatable bonds is 13. The van der Waals surface area contributed by atoms with Crippen LogP contribution in [0.2, 0.25) is 10.0 Å². The second kappa shape index (κ2) is 14.6. The molecule has 0 aliphatic rings. The number of ether oxygens (including phenoxy) is 1. The number of halogens is 2. The van der Waals surface area contributed by atoms with Gasteiger partial charge in [0.1, 0.15) is 24.0 Å². The van der Waals surface area contributed by atoms with Crippen molar-refractivity contribution in [2.75, 3.05) is 11.9 Å². The molecule has 0 bridgehead atoms. The highest BCUT2D eigenvalue weighted by atomic mass is 35.5. The summed E-state index contributed by atoms with van der Waals surface area (Å²) in [5.74, 6) is -1.70. The molecule has 5 N–H and O–H groups in total. The Morgan fingerprint density at radius 1 is 0.953 bits per heavy atom. The quantitative estimate of drug-likeness (QED) is 0.138. The van der Waals surface area contributed by atoms with Crippen molar-refractivity contribution in [3.8, 4) is 6.01 Å². The Hall–Kier alpha value is -4.47. The van der Waals surface area contributed by atoms with Gasteiger partial charge in [-0.05, 0) is 46.9 Å². The smallest absolute Gasteiger partial charge is 0.318 e. The molecule has 222 valence electrons. The molecule has 11 heteroatoms. The van der Waals surface area contributed by atoms with E-state index in [0.29, 0.717) is 21.3 Å². The lowest BCUT2D eigenvalue weighted by Crippen LogP contribution is -2.47. The molecule has 2 unspecified atom stereocenters. The maximum Gasteiger partial charge on any atom is 0.318 e. The first-order valence-electron chi connectivity index (χ1n) is 13.6. The normalized spacial score (nSPS) is 12.3. The number of carbonyl (C=O) groups excluding carboxylic acids is 2. The summed E-state index contributed by atoms with van der Waals surface area (Å²) in [7, 11) is 0. The SMILES string of the molecule is CC(C)C(NC(=O)c1cnc(OCc2ccc(Cl)cc2)nc1NCC(C(=N)c1ccc(Cl)cc1)c1ccccc1)C(N)=O. The highest BCUT2D eigenvalue weighted by molar-refractivity contribution is 6.31. The molecule has 0 fully saturated rings. The topological polar surface area (TPSA) is 143 Å². The van der Waals surface area contributed by atoms with Crippen LogP contribution >= 0.6 is 23.2 Å². The van der Waals surface area contributed by atoms with E-state index in [1.54, 1.807) is 50.2 Å². The first-order chi connectivity index (χ1) is 20.6. The van der Waals surface area contributed by atoms with Crippen molar-refractivity contribution < 1.29 is 14.3 Å². The summed E-state index contributed by atoms with van der Waals surface area (Å²) in [6.07, 6.45) is 1.34. The molecule has 0 saturated carbocycles. The number of benzene rings is 3. The zero-order valence-electron chi connectivity index (χ0n) is 23.7. The van der Waals surface area contributed by atoms with Crippen LogP contribution in [0, 0.1) is 11.3 Å². The van der Waals surface area contributed by atoms with Gasteiger partial charge in [0.05, 0.1) is 0 Å². The van der Waals surface area contributed by atoms with Gasteiger partial charge in [0.2, 0.25) is 5.91 Å². The summed E-state index contributed by atoms with van der Waals surface area (Å²) in [6, 6.07) is 22.9. The number of primary amides is 1. The van der Waals surface area contributed by atoms with E-state index >= 15 is 0 Å². The van der Waals surface area contributed by atoms with E-state index in [1.807, 2.05) is 42.5 Å². The van der Waals surface area contributed by atoms with Crippen LogP contribution in [0.3, 0.4) is 0 Å². The lowest BCUT2D eigenvalue weighted by molar-refractivity contribution is -0.120. The molecule has 0 aliphatic heterocycles. The maximum atomic E-state index is 13.4. The minimum absolute atomic E-state index is 0.0355. The molecule has 1 heterocycles. The van der Waals surface area contributed by atoms with Gasteiger partial charge in [-0.3, -0.25) is 9.59 Å². The molecule has 0 radical (unpaired) electrons. The molecule has 3 aromatic carbocycles. The Labute approximate surface area is 260 Å². The van der Waals surface area contributed by atoms with E-state index < -0.39 is 23.8 Å². The van der Waals surface area contributed by atoms with E-state index in [1.165, 1.54) is 6.20 Å². The zero-order chi connectivity index (χ0) is 30.9. The van der Waals surface area contributed by atoms with Crippen molar-refractivity contribution in [2.24, 2.45) is 11.7 Å². The van der Waals surface area contributed by atoms with E-state index in [0.717, 1.165) is 11.1 Å². The highest BCUT2D eigenvalue weighted by Crippen LogP contribution is 2.25. The number of hydrogen-bond donors (Lipinski definition) is 4. The Morgan fingerprint density at radius 3 is 2.19 bits per heavy atom. The van der Waals surface area contributed by atoms with E-state index in [4.69, 9.17) is 39.1 Å². The van der Waals surface area contributed by atoms with E-state index in [2.05, 4.69) is 20.6 Å². The Balaban J connectivity index is 1.64. The van der Waals surface area contributed by atoms with Gasteiger partial charge in [-0.25, -0.2) is 4.98 Å². The van der Waals surface area contributed by atoms with Gasteiger partial charge in [0.15, 0.2) is 0 Å². The van der Waals surface area contributed by atoms with Crippen LogP contribution in [0.25, 0.3) is 0 Å². The van der Waals surface area contributed by atoms with Crippen LogP contribution in [-0.2, 0) is 11.4 Å². The van der Waals surface area contributed by atoms with Crippen LogP contribution < -0.4 is 21.1 Å². The van der Waals surface area contributed by atoms with Gasteiger partial charge in [-0.2, -0.15) is 4.98 Å². The Bertz CT molecular complexity index is 1560. The average molecular weight is 620 g/mol. The minimum atomic E-state index is -0.892. The molecule has 4 rings (SSSR count). The van der Waals surface area contributed by atoms with Gasteiger partial charge >= 0.3 is 6.01 Å². The summed E-state index contributed by atoms with van der Waals surface area (Å²) >= 11 is 12.1. The fourth-order valence-corrected chi connectivity index (χ4v) is 4.60. The van der Waals surface area contributed by atoms with Gasteiger partial charge in [-0.15, -0.1) is 0 Å². The van der Waals surface area contributed by atoms with Crippen LogP contribution in [0.1, 0.15) is 46.8 Å². The van der Waals surface area contributed by atoms with Crippen molar-refractivity contribution in [2.45, 2.75) is 32.4 Å². The Kier molecular flexibility index (Phi) is 10.7. The van der Waals surface area contributed by atoms with E-state index in [-0.39, 0.29) is 36.5 Å². The summed E-state index contributed by atoms with van der Waals surface area (Å²) in [4.78, 5) is 34.1. The number of aromatic nitrogens is 2. The number of nitrogens with zero attached hydrogens (tertiary/aromatic N) is 2. The number of nitrogens with two attached hydrogens (primary N) is 1. The van der Waals surface area contributed by atoms with E-state index in [9.17, 15) is 9.59 Å². The monoisotopic (exact) mass is 618 g/mol. The fourth-order valence-electron chi connectivity index (χ4n) is 4.35. The van der Waals surface area contributed by atoms with Gasteiger partial charge in [0, 0.05) is 34.4 Å². The van der Waals surface area contributed by atoms with Crippen LogP contribution in [0.4, 0.5) is 5.82 Å². The first-order valence-corrected chi connectivity index (χ1v) is 14.4. The molecule has 43 heavy (non-hydrogen) atoms. The van der Waals surface area contributed by atoms with Crippen molar-refractivity contribution in [1.29, 1.82) is 5.41 Å². The van der Waals surface area contributed by atoms with Crippen molar-refractivity contribution >= 4 is 46.5 Å². The number of carbonyl (C=O) groups is 2. The lowest BCUT2D eigenvalue weighted by atomic mass is 9.90.